The summed E-state index contributed by atoms with van der Waals surface area (Å²) in [5.41, 5.74) is 1.08. The van der Waals surface area contributed by atoms with Crippen LogP contribution >= 0.6 is 0 Å². The minimum absolute atomic E-state index is 0.163. The highest BCUT2D eigenvalue weighted by atomic mass is 32.2. The molecule has 0 amide bonds. The van der Waals surface area contributed by atoms with E-state index in [1.54, 1.807) is 16.4 Å². The first-order valence-corrected chi connectivity index (χ1v) is 8.28. The Morgan fingerprint density at radius 1 is 1.16 bits per heavy atom. The van der Waals surface area contributed by atoms with Gasteiger partial charge in [0.1, 0.15) is 0 Å². The summed E-state index contributed by atoms with van der Waals surface area (Å²) in [5, 5.41) is 0. The predicted molar refractivity (Wildman–Crippen MR) is 75.3 cm³/mol. The Kier molecular flexibility index (Phi) is 3.23. The maximum Gasteiger partial charge on any atom is 0.243 e. The van der Waals surface area contributed by atoms with Crippen molar-refractivity contribution in [3.63, 3.8) is 0 Å². The number of sulfonamides is 1. The monoisotopic (exact) mass is 277 g/mol. The van der Waals surface area contributed by atoms with Crippen LogP contribution in [0.25, 0.3) is 0 Å². The largest absolute Gasteiger partial charge is 0.243 e. The van der Waals surface area contributed by atoms with E-state index >= 15 is 0 Å². The number of fused-ring (bicyclic) bond motifs is 1. The topological polar surface area (TPSA) is 37.4 Å². The Balaban J connectivity index is 1.93. The molecule has 2 atom stereocenters. The van der Waals surface area contributed by atoms with Gasteiger partial charge in [0, 0.05) is 12.6 Å². The average Bonchev–Trinajstić information content (AvgIpc) is 2.83. The summed E-state index contributed by atoms with van der Waals surface area (Å²) in [5.74, 6) is 0.411. The van der Waals surface area contributed by atoms with Crippen LogP contribution in [-0.4, -0.2) is 25.3 Å². The fraction of sp³-hybridized carbons (Fsp3) is 0.467. The maximum atomic E-state index is 12.7. The van der Waals surface area contributed by atoms with E-state index in [4.69, 9.17) is 0 Å². The zero-order chi connectivity index (χ0) is 13.5. The van der Waals surface area contributed by atoms with Crippen molar-refractivity contribution in [3.8, 4) is 0 Å². The molecule has 0 radical (unpaired) electrons. The van der Waals surface area contributed by atoms with Gasteiger partial charge in [-0.15, -0.1) is 0 Å². The van der Waals surface area contributed by atoms with E-state index in [2.05, 4.69) is 12.2 Å². The molecule has 19 heavy (non-hydrogen) atoms. The number of aryl methyl sites for hydroxylation is 1. The van der Waals surface area contributed by atoms with Crippen LogP contribution in [0.4, 0.5) is 0 Å². The third-order valence-corrected chi connectivity index (χ3v) is 6.13. The van der Waals surface area contributed by atoms with Crippen LogP contribution in [0.15, 0.2) is 41.3 Å². The third-order valence-electron chi connectivity index (χ3n) is 4.19. The molecule has 0 saturated carbocycles. The number of hydrogen-bond acceptors (Lipinski definition) is 2. The molecule has 1 aromatic rings. The van der Waals surface area contributed by atoms with E-state index in [9.17, 15) is 8.42 Å². The molecule has 1 aliphatic carbocycles. The molecule has 2 aliphatic rings. The molecule has 0 bridgehead atoms. The summed E-state index contributed by atoms with van der Waals surface area (Å²) in [6.07, 6.45) is 7.27. The van der Waals surface area contributed by atoms with E-state index < -0.39 is 10.0 Å². The molecular formula is C15H19NO2S. The van der Waals surface area contributed by atoms with Gasteiger partial charge >= 0.3 is 0 Å². The van der Waals surface area contributed by atoms with Gasteiger partial charge in [-0.05, 0) is 44.2 Å². The van der Waals surface area contributed by atoms with Crippen molar-refractivity contribution in [2.75, 3.05) is 6.54 Å². The van der Waals surface area contributed by atoms with Crippen molar-refractivity contribution in [2.24, 2.45) is 5.92 Å². The maximum absolute atomic E-state index is 12.7. The van der Waals surface area contributed by atoms with Crippen LogP contribution in [0.3, 0.4) is 0 Å². The zero-order valence-corrected chi connectivity index (χ0v) is 11.9. The second-order valence-corrected chi connectivity index (χ2v) is 7.34. The van der Waals surface area contributed by atoms with Crippen LogP contribution in [0.2, 0.25) is 0 Å². The standard InChI is InChI=1S/C15H19NO2S/c1-12-6-8-14(9-7-12)19(17,18)16-11-10-13-4-2-3-5-15(13)16/h2,4,6-9,13,15H,3,5,10-11H2,1H3. The van der Waals surface area contributed by atoms with Gasteiger partial charge in [0.15, 0.2) is 0 Å². The van der Waals surface area contributed by atoms with Crippen LogP contribution < -0.4 is 0 Å². The minimum Gasteiger partial charge on any atom is -0.207 e. The van der Waals surface area contributed by atoms with E-state index in [1.165, 1.54) is 0 Å². The van der Waals surface area contributed by atoms with Crippen LogP contribution in [0.1, 0.15) is 24.8 Å². The number of hydrogen-bond donors (Lipinski definition) is 0. The summed E-state index contributed by atoms with van der Waals surface area (Å²) >= 11 is 0. The Morgan fingerprint density at radius 3 is 2.63 bits per heavy atom. The van der Waals surface area contributed by atoms with E-state index in [-0.39, 0.29) is 6.04 Å². The fourth-order valence-corrected chi connectivity index (χ4v) is 4.83. The molecule has 1 fully saturated rings. The van der Waals surface area contributed by atoms with Crippen molar-refractivity contribution in [1.82, 2.24) is 4.31 Å². The van der Waals surface area contributed by atoms with E-state index in [0.717, 1.165) is 24.8 Å². The third kappa shape index (κ3) is 2.23. The van der Waals surface area contributed by atoms with Crippen molar-refractivity contribution in [1.29, 1.82) is 0 Å². The van der Waals surface area contributed by atoms with E-state index in [0.29, 0.717) is 17.4 Å². The summed E-state index contributed by atoms with van der Waals surface area (Å²) < 4.78 is 27.1. The van der Waals surface area contributed by atoms with Gasteiger partial charge < -0.3 is 0 Å². The molecule has 2 unspecified atom stereocenters. The first-order chi connectivity index (χ1) is 9.09. The van der Waals surface area contributed by atoms with Gasteiger partial charge in [-0.1, -0.05) is 29.8 Å². The summed E-state index contributed by atoms with van der Waals surface area (Å²) in [6.45, 7) is 2.62. The highest BCUT2D eigenvalue weighted by Gasteiger charge is 2.40. The van der Waals surface area contributed by atoms with Gasteiger partial charge in [-0.3, -0.25) is 0 Å². The highest BCUT2D eigenvalue weighted by molar-refractivity contribution is 7.89. The number of nitrogens with zero attached hydrogens (tertiary/aromatic N) is 1. The molecule has 0 spiro atoms. The number of rotatable bonds is 2. The van der Waals surface area contributed by atoms with E-state index in [1.807, 2.05) is 19.1 Å². The van der Waals surface area contributed by atoms with Crippen LogP contribution in [0, 0.1) is 12.8 Å². The van der Waals surface area contributed by atoms with Crippen molar-refractivity contribution < 1.29 is 8.42 Å². The summed E-state index contributed by atoms with van der Waals surface area (Å²) in [7, 11) is -3.33. The molecule has 3 rings (SSSR count). The van der Waals surface area contributed by atoms with Gasteiger partial charge in [0.25, 0.3) is 0 Å². The lowest BCUT2D eigenvalue weighted by Crippen LogP contribution is -2.38. The van der Waals surface area contributed by atoms with Crippen LogP contribution in [0.5, 0.6) is 0 Å². The number of allylic oxidation sites excluding steroid dienone is 1. The zero-order valence-electron chi connectivity index (χ0n) is 11.1. The molecule has 3 nitrogen and oxygen atoms in total. The molecule has 1 saturated heterocycles. The Labute approximate surface area is 115 Å². The second-order valence-electron chi connectivity index (χ2n) is 5.45. The van der Waals surface area contributed by atoms with Gasteiger partial charge in [-0.2, -0.15) is 4.31 Å². The molecule has 1 heterocycles. The lowest BCUT2D eigenvalue weighted by Gasteiger charge is -2.28. The molecule has 4 heteroatoms. The first kappa shape index (κ1) is 12.9. The summed E-state index contributed by atoms with van der Waals surface area (Å²) in [6, 6.07) is 7.33. The molecule has 1 aliphatic heterocycles. The lowest BCUT2D eigenvalue weighted by molar-refractivity contribution is 0.337. The van der Waals surface area contributed by atoms with Gasteiger partial charge in [-0.25, -0.2) is 8.42 Å². The molecule has 102 valence electrons. The smallest absolute Gasteiger partial charge is 0.207 e. The normalized spacial score (nSPS) is 27.4. The van der Waals surface area contributed by atoms with Crippen LogP contribution in [-0.2, 0) is 10.0 Å². The molecule has 0 N–H and O–H groups in total. The average molecular weight is 277 g/mol. The fourth-order valence-electron chi connectivity index (χ4n) is 3.11. The Morgan fingerprint density at radius 2 is 1.89 bits per heavy atom. The number of benzene rings is 1. The van der Waals surface area contributed by atoms with Gasteiger partial charge in [0.05, 0.1) is 4.90 Å². The lowest BCUT2D eigenvalue weighted by atomic mass is 9.92. The minimum atomic E-state index is -3.33. The summed E-state index contributed by atoms with van der Waals surface area (Å²) in [4.78, 5) is 0.424. The van der Waals surface area contributed by atoms with Crippen molar-refractivity contribution >= 4 is 10.0 Å². The van der Waals surface area contributed by atoms with Gasteiger partial charge in [0.2, 0.25) is 10.0 Å². The van der Waals surface area contributed by atoms with Crippen molar-refractivity contribution in [3.05, 3.63) is 42.0 Å². The first-order valence-electron chi connectivity index (χ1n) is 6.84. The van der Waals surface area contributed by atoms with Crippen molar-refractivity contribution in [2.45, 2.75) is 37.1 Å². The Hall–Kier alpha value is -1.13. The highest BCUT2D eigenvalue weighted by Crippen LogP contribution is 2.36. The molecule has 0 aromatic heterocycles. The predicted octanol–water partition coefficient (Wildman–Crippen LogP) is 2.72. The molecular weight excluding hydrogens is 258 g/mol. The molecule has 1 aromatic carbocycles. The SMILES string of the molecule is Cc1ccc(S(=O)(=O)N2CCC3C=CCCC32)cc1. The Bertz CT molecular complexity index is 589. The quantitative estimate of drug-likeness (QED) is 0.779. The second kappa shape index (κ2) is 4.76.